The Labute approximate surface area is 328 Å². The molecule has 56 heavy (non-hydrogen) atoms. The molecule has 0 saturated heterocycles. The van der Waals surface area contributed by atoms with E-state index < -0.39 is 0 Å². The number of fused-ring (bicyclic) bond motifs is 13. The molecule has 2 heterocycles. The third-order valence-electron chi connectivity index (χ3n) is 11.8. The quantitative estimate of drug-likeness (QED) is 0.181. The van der Waals surface area contributed by atoms with Crippen LogP contribution in [0.1, 0.15) is 22.3 Å². The van der Waals surface area contributed by atoms with E-state index in [0.717, 1.165) is 27.8 Å². The summed E-state index contributed by atoms with van der Waals surface area (Å²) < 4.78 is 2.50. The van der Waals surface area contributed by atoms with Gasteiger partial charge in [-0.3, -0.25) is 0 Å². The monoisotopic (exact) mass is 729 g/mol. The highest BCUT2D eigenvalue weighted by Crippen LogP contribution is 2.63. The molecule has 0 atom stereocenters. The number of nitrogens with zero attached hydrogens (tertiary/aromatic N) is 3. The van der Waals surface area contributed by atoms with E-state index in [9.17, 15) is 0 Å². The van der Waals surface area contributed by atoms with Crippen LogP contribution in [0.25, 0.3) is 87.7 Å². The minimum Gasteiger partial charge on any atom is -0.208 e. The molecule has 1 spiro atoms. The predicted octanol–water partition coefficient (Wildman–Crippen LogP) is 13.3. The number of aromatic nitrogens is 3. The third kappa shape index (κ3) is 4.48. The molecule has 0 radical (unpaired) electrons. The average molecular weight is 730 g/mol. The van der Waals surface area contributed by atoms with Gasteiger partial charge in [0, 0.05) is 36.9 Å². The highest BCUT2D eigenvalue weighted by Gasteiger charge is 2.51. The number of rotatable bonds is 4. The van der Waals surface area contributed by atoms with Crippen molar-refractivity contribution in [2.45, 2.75) is 5.41 Å². The van der Waals surface area contributed by atoms with Gasteiger partial charge in [-0.15, -0.1) is 11.3 Å². The molecule has 4 heteroatoms. The molecule has 0 fully saturated rings. The van der Waals surface area contributed by atoms with Crippen molar-refractivity contribution in [3.63, 3.8) is 0 Å². The molecule has 0 amide bonds. The molecular formula is C52H31N3S. The van der Waals surface area contributed by atoms with Crippen LogP contribution < -0.4 is 0 Å². The van der Waals surface area contributed by atoms with Gasteiger partial charge in [-0.25, -0.2) is 15.0 Å². The molecule has 260 valence electrons. The largest absolute Gasteiger partial charge is 0.208 e. The van der Waals surface area contributed by atoms with Crippen LogP contribution in [-0.4, -0.2) is 15.0 Å². The number of benzene rings is 8. The lowest BCUT2D eigenvalue weighted by Gasteiger charge is -2.30. The van der Waals surface area contributed by atoms with E-state index in [4.69, 9.17) is 15.0 Å². The summed E-state index contributed by atoms with van der Waals surface area (Å²) in [6.45, 7) is 0. The maximum atomic E-state index is 5.16. The van der Waals surface area contributed by atoms with Crippen molar-refractivity contribution < 1.29 is 0 Å². The van der Waals surface area contributed by atoms with Gasteiger partial charge in [-0.2, -0.15) is 0 Å². The van der Waals surface area contributed by atoms with E-state index in [1.807, 2.05) is 18.2 Å². The summed E-state index contributed by atoms with van der Waals surface area (Å²) in [7, 11) is 0. The molecule has 2 aliphatic rings. The lowest BCUT2D eigenvalue weighted by atomic mass is 9.70. The van der Waals surface area contributed by atoms with Crippen molar-refractivity contribution in [2.24, 2.45) is 0 Å². The topological polar surface area (TPSA) is 38.7 Å². The molecular weight excluding hydrogens is 699 g/mol. The molecule has 2 aromatic heterocycles. The van der Waals surface area contributed by atoms with Crippen molar-refractivity contribution in [1.29, 1.82) is 0 Å². The summed E-state index contributed by atoms with van der Waals surface area (Å²) >= 11 is 1.80. The Balaban J connectivity index is 1.00. The molecule has 0 aliphatic heterocycles. The van der Waals surface area contributed by atoms with Crippen LogP contribution in [0.3, 0.4) is 0 Å². The zero-order valence-corrected chi connectivity index (χ0v) is 31.0. The second kappa shape index (κ2) is 12.0. The van der Waals surface area contributed by atoms with E-state index >= 15 is 0 Å². The highest BCUT2D eigenvalue weighted by atomic mass is 32.1. The minimum absolute atomic E-state index is 0.354. The Morgan fingerprint density at radius 3 is 1.50 bits per heavy atom. The fraction of sp³-hybridized carbons (Fsp3) is 0.0192. The van der Waals surface area contributed by atoms with Gasteiger partial charge in [-0.1, -0.05) is 164 Å². The number of hydrogen-bond donors (Lipinski definition) is 0. The molecule has 0 N–H and O–H groups in total. The second-order valence-electron chi connectivity index (χ2n) is 14.7. The van der Waals surface area contributed by atoms with E-state index in [1.54, 1.807) is 11.3 Å². The summed E-state index contributed by atoms with van der Waals surface area (Å²) in [5, 5.41) is 2.53. The summed E-state index contributed by atoms with van der Waals surface area (Å²) in [4.78, 5) is 15.3. The van der Waals surface area contributed by atoms with Gasteiger partial charge in [-0.05, 0) is 79.9 Å². The Morgan fingerprint density at radius 2 is 0.786 bits per heavy atom. The van der Waals surface area contributed by atoms with Crippen LogP contribution in [-0.2, 0) is 5.41 Å². The van der Waals surface area contributed by atoms with Crippen molar-refractivity contribution in [3.05, 3.63) is 210 Å². The summed E-state index contributed by atoms with van der Waals surface area (Å²) in [6, 6.07) is 67.9. The highest BCUT2D eigenvalue weighted by molar-refractivity contribution is 7.25. The number of thiophene rings is 1. The van der Waals surface area contributed by atoms with Gasteiger partial charge < -0.3 is 0 Å². The van der Waals surface area contributed by atoms with Crippen LogP contribution in [0.2, 0.25) is 0 Å². The molecule has 2 aliphatic carbocycles. The molecule has 12 rings (SSSR count). The van der Waals surface area contributed by atoms with E-state index in [1.165, 1.54) is 64.7 Å². The van der Waals surface area contributed by atoms with Crippen molar-refractivity contribution in [2.75, 3.05) is 0 Å². The van der Waals surface area contributed by atoms with Gasteiger partial charge in [0.05, 0.1) is 5.41 Å². The van der Waals surface area contributed by atoms with Crippen LogP contribution in [0.15, 0.2) is 188 Å². The molecule has 0 saturated carbocycles. The Hall–Kier alpha value is -7.01. The Bertz CT molecular complexity index is 3170. The Kier molecular flexibility index (Phi) is 6.72. The normalized spacial score (nSPS) is 13.1. The predicted molar refractivity (Wildman–Crippen MR) is 231 cm³/mol. The zero-order valence-electron chi connectivity index (χ0n) is 30.1. The van der Waals surface area contributed by atoms with Crippen LogP contribution >= 0.6 is 11.3 Å². The van der Waals surface area contributed by atoms with Gasteiger partial charge in [0.1, 0.15) is 0 Å². The smallest absolute Gasteiger partial charge is 0.164 e. The van der Waals surface area contributed by atoms with Gasteiger partial charge >= 0.3 is 0 Å². The summed E-state index contributed by atoms with van der Waals surface area (Å²) in [6.07, 6.45) is 0. The van der Waals surface area contributed by atoms with Crippen LogP contribution in [0.5, 0.6) is 0 Å². The standard InChI is InChI=1S/C52H31N3S/c1-2-13-32(14-3-1)49-53-50(55-51(54-49)36-25-27-41-40-20-7-11-24-47(40)56-48(41)31-36)35-16-12-15-33(29-35)34-26-28-46-42(30-34)39-19-6-10-23-45(39)52(46)43-21-8-4-17-37(43)38-18-5-9-22-44(38)52/h1-31H. The first kappa shape index (κ1) is 31.4. The van der Waals surface area contributed by atoms with Gasteiger partial charge in [0.2, 0.25) is 0 Å². The fourth-order valence-corrected chi connectivity index (χ4v) is 10.5. The fourth-order valence-electron chi connectivity index (χ4n) is 9.33. The van der Waals surface area contributed by atoms with Gasteiger partial charge in [0.15, 0.2) is 17.5 Å². The average Bonchev–Trinajstić information content (AvgIpc) is 3.90. The zero-order chi connectivity index (χ0) is 36.8. The molecule has 10 aromatic rings. The molecule has 3 nitrogen and oxygen atoms in total. The molecule has 0 bridgehead atoms. The van der Waals surface area contributed by atoms with Gasteiger partial charge in [0.25, 0.3) is 0 Å². The first-order chi connectivity index (χ1) is 27.7. The van der Waals surface area contributed by atoms with Crippen molar-refractivity contribution >= 4 is 31.5 Å². The van der Waals surface area contributed by atoms with E-state index in [0.29, 0.717) is 17.5 Å². The second-order valence-corrected chi connectivity index (χ2v) is 15.8. The minimum atomic E-state index is -0.354. The maximum Gasteiger partial charge on any atom is 0.164 e. The van der Waals surface area contributed by atoms with Crippen LogP contribution in [0, 0.1) is 0 Å². The lowest BCUT2D eigenvalue weighted by Crippen LogP contribution is -2.25. The Morgan fingerprint density at radius 1 is 0.304 bits per heavy atom. The number of hydrogen-bond acceptors (Lipinski definition) is 4. The maximum absolute atomic E-state index is 5.16. The SMILES string of the molecule is c1ccc(-c2nc(-c3cccc(-c4ccc5c(c4)-c4ccccc4C54c5ccccc5-c5ccccc54)c3)nc(-c3ccc4c(c3)sc3ccccc34)n2)cc1. The van der Waals surface area contributed by atoms with E-state index in [-0.39, 0.29) is 5.41 Å². The van der Waals surface area contributed by atoms with Crippen molar-refractivity contribution in [1.82, 2.24) is 15.0 Å². The third-order valence-corrected chi connectivity index (χ3v) is 12.9. The van der Waals surface area contributed by atoms with Crippen molar-refractivity contribution in [3.8, 4) is 67.5 Å². The molecule has 8 aromatic carbocycles. The molecule has 0 unspecified atom stereocenters. The first-order valence-electron chi connectivity index (χ1n) is 19.0. The lowest BCUT2D eigenvalue weighted by molar-refractivity contribution is 0.794. The first-order valence-corrected chi connectivity index (χ1v) is 19.8. The summed E-state index contributed by atoms with van der Waals surface area (Å²) in [5.41, 5.74) is 15.4. The summed E-state index contributed by atoms with van der Waals surface area (Å²) in [5.74, 6) is 1.97. The van der Waals surface area contributed by atoms with E-state index in [2.05, 4.69) is 170 Å². The van der Waals surface area contributed by atoms with Crippen LogP contribution in [0.4, 0.5) is 0 Å².